The van der Waals surface area contributed by atoms with Crippen molar-refractivity contribution in [1.82, 2.24) is 4.98 Å². The topological polar surface area (TPSA) is 75.0 Å². The lowest BCUT2D eigenvalue weighted by Crippen LogP contribution is -2.12. The van der Waals surface area contributed by atoms with E-state index in [0.29, 0.717) is 18.8 Å². The monoisotopic (exact) mass is 299 g/mol. The molecule has 5 nitrogen and oxygen atoms in total. The Bertz CT molecular complexity index is 726. The number of hydrogen-bond acceptors (Lipinski definition) is 5. The van der Waals surface area contributed by atoms with Crippen molar-refractivity contribution < 1.29 is 13.9 Å². The van der Waals surface area contributed by atoms with E-state index in [4.69, 9.17) is 5.26 Å². The zero-order valence-corrected chi connectivity index (χ0v) is 12.0. The van der Waals surface area contributed by atoms with Gasteiger partial charge in [0.15, 0.2) is 0 Å². The number of pyridine rings is 1. The van der Waals surface area contributed by atoms with E-state index in [9.17, 15) is 9.18 Å². The van der Waals surface area contributed by atoms with E-state index >= 15 is 0 Å². The molecule has 0 unspecified atom stereocenters. The highest BCUT2D eigenvalue weighted by atomic mass is 19.1. The summed E-state index contributed by atoms with van der Waals surface area (Å²) in [6.45, 7) is 0.465. The van der Waals surface area contributed by atoms with Crippen molar-refractivity contribution in [2.45, 2.75) is 6.42 Å². The van der Waals surface area contributed by atoms with Crippen LogP contribution in [-0.2, 0) is 11.2 Å². The summed E-state index contributed by atoms with van der Waals surface area (Å²) in [5.74, 6) is -0.524. The predicted molar refractivity (Wildman–Crippen MR) is 78.9 cm³/mol. The average Bonchev–Trinajstić information content (AvgIpc) is 2.54. The number of carbonyl (C=O) groups excluding carboxylic acids is 1. The lowest BCUT2D eigenvalue weighted by atomic mass is 10.1. The van der Waals surface area contributed by atoms with Gasteiger partial charge in [-0.3, -0.25) is 0 Å². The predicted octanol–water partition coefficient (Wildman–Crippen LogP) is 2.53. The molecular formula is C16H14FN3O2. The molecule has 0 atom stereocenters. The first-order valence-electron chi connectivity index (χ1n) is 6.61. The first-order valence-corrected chi connectivity index (χ1v) is 6.61. The summed E-state index contributed by atoms with van der Waals surface area (Å²) in [7, 11) is 1.26. The van der Waals surface area contributed by atoms with Gasteiger partial charge in [-0.15, -0.1) is 0 Å². The minimum atomic E-state index is -0.571. The van der Waals surface area contributed by atoms with Crippen LogP contribution in [0.25, 0.3) is 0 Å². The van der Waals surface area contributed by atoms with Gasteiger partial charge in [-0.1, -0.05) is 12.1 Å². The Labute approximate surface area is 127 Å². The number of esters is 1. The molecule has 0 saturated carbocycles. The Kier molecular flexibility index (Phi) is 5.04. The van der Waals surface area contributed by atoms with E-state index in [1.54, 1.807) is 6.07 Å². The standard InChI is InChI=1S/C16H14FN3O2/c1-22-16(21)14-8-12(9-18)10-20-15(14)19-6-5-11-3-2-4-13(17)7-11/h2-4,7-8,10H,5-6H2,1H3,(H,19,20). The molecule has 112 valence electrons. The SMILES string of the molecule is COC(=O)c1cc(C#N)cnc1NCCc1cccc(F)c1. The Balaban J connectivity index is 2.09. The summed E-state index contributed by atoms with van der Waals surface area (Å²) in [6.07, 6.45) is 1.94. The summed E-state index contributed by atoms with van der Waals surface area (Å²) >= 11 is 0. The van der Waals surface area contributed by atoms with Gasteiger partial charge >= 0.3 is 5.97 Å². The molecule has 2 aromatic rings. The zero-order valence-electron chi connectivity index (χ0n) is 12.0. The molecule has 0 fully saturated rings. The fourth-order valence-corrected chi connectivity index (χ4v) is 1.95. The van der Waals surface area contributed by atoms with Crippen molar-refractivity contribution in [1.29, 1.82) is 5.26 Å². The molecule has 0 saturated heterocycles. The molecule has 0 aliphatic rings. The van der Waals surface area contributed by atoms with Crippen LogP contribution < -0.4 is 5.32 Å². The van der Waals surface area contributed by atoms with E-state index < -0.39 is 5.97 Å². The van der Waals surface area contributed by atoms with E-state index in [0.717, 1.165) is 5.56 Å². The third-order valence-corrected chi connectivity index (χ3v) is 3.02. The summed E-state index contributed by atoms with van der Waals surface area (Å²) in [5.41, 5.74) is 1.30. The van der Waals surface area contributed by atoms with Crippen molar-refractivity contribution in [2.24, 2.45) is 0 Å². The molecule has 0 bridgehead atoms. The molecule has 6 heteroatoms. The van der Waals surface area contributed by atoms with Gasteiger partial charge < -0.3 is 10.1 Å². The van der Waals surface area contributed by atoms with Gasteiger partial charge in [0.05, 0.1) is 12.7 Å². The normalized spacial score (nSPS) is 9.86. The van der Waals surface area contributed by atoms with Crippen LogP contribution in [0, 0.1) is 17.1 Å². The van der Waals surface area contributed by atoms with Gasteiger partial charge in [0.1, 0.15) is 23.3 Å². The maximum absolute atomic E-state index is 13.1. The second-order valence-corrected chi connectivity index (χ2v) is 4.53. The molecule has 0 amide bonds. The van der Waals surface area contributed by atoms with E-state index in [-0.39, 0.29) is 16.9 Å². The fourth-order valence-electron chi connectivity index (χ4n) is 1.95. The number of ether oxygens (including phenoxy) is 1. The second-order valence-electron chi connectivity index (χ2n) is 4.53. The van der Waals surface area contributed by atoms with Crippen molar-refractivity contribution in [3.05, 3.63) is 59.0 Å². The molecule has 0 radical (unpaired) electrons. The van der Waals surface area contributed by atoms with Gasteiger partial charge in [-0.2, -0.15) is 5.26 Å². The largest absolute Gasteiger partial charge is 0.465 e. The summed E-state index contributed by atoms with van der Waals surface area (Å²) in [4.78, 5) is 15.8. The maximum atomic E-state index is 13.1. The van der Waals surface area contributed by atoms with Gasteiger partial charge in [-0.05, 0) is 30.2 Å². The molecule has 0 aliphatic heterocycles. The highest BCUT2D eigenvalue weighted by Gasteiger charge is 2.14. The van der Waals surface area contributed by atoms with E-state index in [1.165, 1.54) is 31.5 Å². The van der Waals surface area contributed by atoms with Crippen LogP contribution in [0.5, 0.6) is 0 Å². The van der Waals surface area contributed by atoms with Gasteiger partial charge in [0, 0.05) is 12.7 Å². The fraction of sp³-hybridized carbons (Fsp3) is 0.188. The van der Waals surface area contributed by atoms with Crippen LogP contribution in [0.1, 0.15) is 21.5 Å². The van der Waals surface area contributed by atoms with E-state index in [2.05, 4.69) is 15.0 Å². The van der Waals surface area contributed by atoms with Crippen molar-refractivity contribution >= 4 is 11.8 Å². The van der Waals surface area contributed by atoms with Crippen molar-refractivity contribution in [3.8, 4) is 6.07 Å². The highest BCUT2D eigenvalue weighted by Crippen LogP contribution is 2.15. The number of carbonyl (C=O) groups is 1. The average molecular weight is 299 g/mol. The number of methoxy groups -OCH3 is 1. The second kappa shape index (κ2) is 7.18. The van der Waals surface area contributed by atoms with Gasteiger partial charge in [0.25, 0.3) is 0 Å². The molecule has 1 heterocycles. The number of nitriles is 1. The summed E-state index contributed by atoms with van der Waals surface area (Å²) < 4.78 is 17.8. The molecule has 22 heavy (non-hydrogen) atoms. The molecule has 1 aromatic heterocycles. The molecule has 0 spiro atoms. The van der Waals surface area contributed by atoms with Crippen LogP contribution in [0.15, 0.2) is 36.5 Å². The first kappa shape index (κ1) is 15.4. The summed E-state index contributed by atoms with van der Waals surface area (Å²) in [6, 6.07) is 9.64. The number of halogens is 1. The third-order valence-electron chi connectivity index (χ3n) is 3.02. The molecular weight excluding hydrogens is 285 g/mol. The van der Waals surface area contributed by atoms with E-state index in [1.807, 2.05) is 12.1 Å². The van der Waals surface area contributed by atoms with Crippen LogP contribution >= 0.6 is 0 Å². The summed E-state index contributed by atoms with van der Waals surface area (Å²) in [5, 5.41) is 11.9. The number of hydrogen-bond donors (Lipinski definition) is 1. The van der Waals surface area contributed by atoms with Gasteiger partial charge in [0.2, 0.25) is 0 Å². The Morgan fingerprint density at radius 3 is 2.95 bits per heavy atom. The Hall–Kier alpha value is -2.94. The van der Waals surface area contributed by atoms with Crippen LogP contribution in [0.2, 0.25) is 0 Å². The number of nitrogens with one attached hydrogen (secondary N) is 1. The van der Waals surface area contributed by atoms with Crippen LogP contribution in [0.4, 0.5) is 10.2 Å². The quantitative estimate of drug-likeness (QED) is 0.859. The molecule has 0 aliphatic carbocycles. The van der Waals surface area contributed by atoms with Gasteiger partial charge in [-0.25, -0.2) is 14.2 Å². The number of benzene rings is 1. The zero-order chi connectivity index (χ0) is 15.9. The maximum Gasteiger partial charge on any atom is 0.341 e. The van der Waals surface area contributed by atoms with Crippen LogP contribution in [-0.4, -0.2) is 24.6 Å². The number of nitrogens with zero attached hydrogens (tertiary/aromatic N) is 2. The lowest BCUT2D eigenvalue weighted by molar-refractivity contribution is 0.0601. The smallest absolute Gasteiger partial charge is 0.341 e. The lowest BCUT2D eigenvalue weighted by Gasteiger charge is -2.10. The number of rotatable bonds is 5. The Morgan fingerprint density at radius 2 is 2.27 bits per heavy atom. The Morgan fingerprint density at radius 1 is 1.45 bits per heavy atom. The first-order chi connectivity index (χ1) is 10.6. The third kappa shape index (κ3) is 3.79. The number of anilines is 1. The molecule has 2 rings (SSSR count). The van der Waals surface area contributed by atoms with Crippen molar-refractivity contribution in [3.63, 3.8) is 0 Å². The minimum Gasteiger partial charge on any atom is -0.465 e. The number of aromatic nitrogens is 1. The molecule has 1 N–H and O–H groups in total. The minimum absolute atomic E-state index is 0.195. The van der Waals surface area contributed by atoms with Crippen molar-refractivity contribution in [2.75, 3.05) is 19.0 Å². The molecule has 1 aromatic carbocycles. The van der Waals surface area contributed by atoms with Crippen LogP contribution in [0.3, 0.4) is 0 Å². The highest BCUT2D eigenvalue weighted by molar-refractivity contribution is 5.94.